The minimum absolute atomic E-state index is 0.0509. The number of alkyl carbamates (subject to hydrolysis) is 1. The van der Waals surface area contributed by atoms with Crippen molar-refractivity contribution in [3.8, 4) is 6.07 Å². The highest BCUT2D eigenvalue weighted by Crippen LogP contribution is 2.27. The van der Waals surface area contributed by atoms with Crippen LogP contribution < -0.4 is 5.32 Å². The number of hydrogen-bond donors (Lipinski definition) is 1. The Morgan fingerprint density at radius 3 is 2.72 bits per heavy atom. The molecule has 4 nitrogen and oxygen atoms in total. The average molecular weight is 270 g/mol. The Morgan fingerprint density at radius 2 is 2.11 bits per heavy atom. The van der Waals surface area contributed by atoms with Gasteiger partial charge >= 0.3 is 6.09 Å². The van der Waals surface area contributed by atoms with Gasteiger partial charge in [-0.05, 0) is 51.0 Å². The molecule has 0 aromatic heterocycles. The molecule has 0 aromatic rings. The quantitative estimate of drug-likeness (QED) is 0.838. The second kappa shape index (κ2) is 6.89. The van der Waals surface area contributed by atoms with Crippen molar-refractivity contribution in [1.29, 1.82) is 5.26 Å². The van der Waals surface area contributed by atoms with Crippen molar-refractivity contribution in [3.63, 3.8) is 0 Å². The van der Waals surface area contributed by atoms with Gasteiger partial charge in [0.05, 0.1) is 12.0 Å². The van der Waals surface area contributed by atoms with Crippen molar-refractivity contribution in [2.75, 3.05) is 18.1 Å². The number of carbonyl (C=O) groups excluding carboxylic acids is 1. The summed E-state index contributed by atoms with van der Waals surface area (Å²) in [5.74, 6) is 2.41. The minimum Gasteiger partial charge on any atom is -0.444 e. The Kier molecular flexibility index (Phi) is 5.80. The molecule has 0 radical (unpaired) electrons. The van der Waals surface area contributed by atoms with Crippen LogP contribution in [0.15, 0.2) is 0 Å². The lowest BCUT2D eigenvalue weighted by Crippen LogP contribution is -2.36. The standard InChI is InChI=1S/C13H22N2O2S/c1-13(2,3)17-12(16)15-9-11-5-7-18-6-4-10(11)8-14/h10-11H,4-7,9H2,1-3H3,(H,15,16). The first-order valence-corrected chi connectivity index (χ1v) is 7.52. The molecule has 1 fully saturated rings. The van der Waals surface area contributed by atoms with Crippen LogP contribution in [0.2, 0.25) is 0 Å². The highest BCUT2D eigenvalue weighted by Gasteiger charge is 2.25. The molecule has 0 aliphatic carbocycles. The first-order chi connectivity index (χ1) is 8.42. The molecule has 1 aliphatic heterocycles. The predicted octanol–water partition coefficient (Wildman–Crippen LogP) is 2.79. The van der Waals surface area contributed by atoms with Gasteiger partial charge in [-0.3, -0.25) is 0 Å². The maximum absolute atomic E-state index is 11.6. The number of carbonyl (C=O) groups is 1. The molecule has 1 amide bonds. The van der Waals surface area contributed by atoms with Crippen LogP contribution in [0.25, 0.3) is 0 Å². The molecule has 1 saturated heterocycles. The van der Waals surface area contributed by atoms with Gasteiger partial charge in [-0.2, -0.15) is 17.0 Å². The number of nitrogens with one attached hydrogen (secondary N) is 1. The van der Waals surface area contributed by atoms with E-state index < -0.39 is 11.7 Å². The number of ether oxygens (including phenoxy) is 1. The summed E-state index contributed by atoms with van der Waals surface area (Å²) in [6.45, 7) is 6.06. The third kappa shape index (κ3) is 5.63. The van der Waals surface area contributed by atoms with Gasteiger partial charge in [0.1, 0.15) is 5.60 Å². The van der Waals surface area contributed by atoms with Gasteiger partial charge in [-0.1, -0.05) is 0 Å². The summed E-state index contributed by atoms with van der Waals surface area (Å²) < 4.78 is 5.19. The van der Waals surface area contributed by atoms with E-state index in [0.29, 0.717) is 6.54 Å². The Labute approximate surface area is 113 Å². The van der Waals surface area contributed by atoms with E-state index in [-0.39, 0.29) is 11.8 Å². The maximum Gasteiger partial charge on any atom is 0.407 e. The molecule has 0 saturated carbocycles. The highest BCUT2D eigenvalue weighted by atomic mass is 32.2. The first kappa shape index (κ1) is 15.2. The summed E-state index contributed by atoms with van der Waals surface area (Å²) >= 11 is 1.89. The monoisotopic (exact) mass is 270 g/mol. The Hall–Kier alpha value is -0.890. The lowest BCUT2D eigenvalue weighted by molar-refractivity contribution is 0.0515. The van der Waals surface area contributed by atoms with Crippen LogP contribution >= 0.6 is 11.8 Å². The van der Waals surface area contributed by atoms with Crippen molar-refractivity contribution < 1.29 is 9.53 Å². The van der Waals surface area contributed by atoms with Crippen molar-refractivity contribution >= 4 is 17.9 Å². The van der Waals surface area contributed by atoms with E-state index in [4.69, 9.17) is 10.00 Å². The predicted molar refractivity (Wildman–Crippen MR) is 73.4 cm³/mol. The molecule has 1 aliphatic rings. The summed E-state index contributed by atoms with van der Waals surface area (Å²) in [4.78, 5) is 11.6. The van der Waals surface area contributed by atoms with Gasteiger partial charge in [-0.15, -0.1) is 0 Å². The Bertz CT molecular complexity index is 320. The van der Waals surface area contributed by atoms with Crippen LogP contribution in [0.5, 0.6) is 0 Å². The molecule has 1 N–H and O–H groups in total. The maximum atomic E-state index is 11.6. The SMILES string of the molecule is CC(C)(C)OC(=O)NCC1CCSCCC1C#N. The second-order valence-corrected chi connectivity index (χ2v) is 6.79. The number of thioether (sulfide) groups is 1. The molecular formula is C13H22N2O2S. The van der Waals surface area contributed by atoms with Gasteiger partial charge in [0.15, 0.2) is 0 Å². The zero-order chi connectivity index (χ0) is 13.6. The Balaban J connectivity index is 2.41. The van der Waals surface area contributed by atoms with Crippen LogP contribution in [-0.2, 0) is 4.74 Å². The first-order valence-electron chi connectivity index (χ1n) is 6.36. The van der Waals surface area contributed by atoms with Gasteiger partial charge in [0.25, 0.3) is 0 Å². The van der Waals surface area contributed by atoms with Crippen molar-refractivity contribution in [2.24, 2.45) is 11.8 Å². The van der Waals surface area contributed by atoms with Gasteiger partial charge in [0, 0.05) is 6.54 Å². The fourth-order valence-electron chi connectivity index (χ4n) is 1.93. The second-order valence-electron chi connectivity index (χ2n) is 5.57. The topological polar surface area (TPSA) is 62.1 Å². The number of amides is 1. The fraction of sp³-hybridized carbons (Fsp3) is 0.846. The smallest absolute Gasteiger partial charge is 0.407 e. The van der Waals surface area contributed by atoms with E-state index in [1.54, 1.807) is 0 Å². The van der Waals surface area contributed by atoms with Crippen molar-refractivity contribution in [1.82, 2.24) is 5.32 Å². The van der Waals surface area contributed by atoms with E-state index in [9.17, 15) is 4.79 Å². The highest BCUT2D eigenvalue weighted by molar-refractivity contribution is 7.99. The molecule has 0 bridgehead atoms. The van der Waals surface area contributed by atoms with Crippen LogP contribution in [-0.4, -0.2) is 29.7 Å². The normalized spacial score (nSPS) is 24.8. The van der Waals surface area contributed by atoms with E-state index in [0.717, 1.165) is 24.3 Å². The molecule has 2 atom stereocenters. The molecule has 1 heterocycles. The molecular weight excluding hydrogens is 248 g/mol. The van der Waals surface area contributed by atoms with Crippen LogP contribution in [0.3, 0.4) is 0 Å². The number of nitrogens with zero attached hydrogens (tertiary/aromatic N) is 1. The molecule has 5 heteroatoms. The number of nitriles is 1. The summed E-state index contributed by atoms with van der Waals surface area (Å²) in [7, 11) is 0. The summed E-state index contributed by atoms with van der Waals surface area (Å²) in [5, 5.41) is 11.9. The largest absolute Gasteiger partial charge is 0.444 e. The Morgan fingerprint density at radius 1 is 1.44 bits per heavy atom. The number of hydrogen-bond acceptors (Lipinski definition) is 4. The third-order valence-electron chi connectivity index (χ3n) is 2.85. The lowest BCUT2D eigenvalue weighted by Gasteiger charge is -2.22. The zero-order valence-corrected chi connectivity index (χ0v) is 12.2. The van der Waals surface area contributed by atoms with Crippen LogP contribution in [0.1, 0.15) is 33.6 Å². The summed E-state index contributed by atoms with van der Waals surface area (Å²) in [6, 6.07) is 2.36. The molecule has 102 valence electrons. The van der Waals surface area contributed by atoms with E-state index in [1.165, 1.54) is 0 Å². The summed E-state index contributed by atoms with van der Waals surface area (Å²) in [5.41, 5.74) is -0.474. The third-order valence-corrected chi connectivity index (χ3v) is 3.90. The zero-order valence-electron chi connectivity index (χ0n) is 11.4. The summed E-state index contributed by atoms with van der Waals surface area (Å²) in [6.07, 6.45) is 1.51. The van der Waals surface area contributed by atoms with Crippen molar-refractivity contribution in [2.45, 2.75) is 39.2 Å². The molecule has 18 heavy (non-hydrogen) atoms. The molecule has 0 spiro atoms. The number of rotatable bonds is 2. The molecule has 0 aromatic carbocycles. The molecule has 2 unspecified atom stereocenters. The fourth-order valence-corrected chi connectivity index (χ4v) is 3.02. The van der Waals surface area contributed by atoms with Gasteiger partial charge < -0.3 is 10.1 Å². The van der Waals surface area contributed by atoms with Gasteiger partial charge in [0.2, 0.25) is 0 Å². The minimum atomic E-state index is -0.474. The van der Waals surface area contributed by atoms with E-state index >= 15 is 0 Å². The van der Waals surface area contributed by atoms with Gasteiger partial charge in [-0.25, -0.2) is 4.79 Å². The van der Waals surface area contributed by atoms with Crippen molar-refractivity contribution in [3.05, 3.63) is 0 Å². The molecule has 1 rings (SSSR count). The lowest BCUT2D eigenvalue weighted by atomic mass is 9.89. The van der Waals surface area contributed by atoms with E-state index in [2.05, 4.69) is 11.4 Å². The average Bonchev–Trinajstić information content (AvgIpc) is 2.48. The van der Waals surface area contributed by atoms with Crippen LogP contribution in [0.4, 0.5) is 4.79 Å². The van der Waals surface area contributed by atoms with Crippen LogP contribution in [0, 0.1) is 23.2 Å². The van der Waals surface area contributed by atoms with E-state index in [1.807, 2.05) is 32.5 Å².